The number of nitrogens with zero attached hydrogens (tertiary/aromatic N) is 3. The molecule has 0 radical (unpaired) electrons. The Morgan fingerprint density at radius 1 is 1.17 bits per heavy atom. The summed E-state index contributed by atoms with van der Waals surface area (Å²) in [5.41, 5.74) is 0.989. The highest BCUT2D eigenvalue weighted by atomic mass is 16.6. The molecule has 1 unspecified atom stereocenters. The molecule has 0 amide bonds. The summed E-state index contributed by atoms with van der Waals surface area (Å²) in [6, 6.07) is 20.3. The van der Waals surface area contributed by atoms with Crippen LogP contribution in [0.2, 0.25) is 0 Å². The Balaban J connectivity index is 1.49. The number of pyridine rings is 2. The van der Waals surface area contributed by atoms with Crippen molar-refractivity contribution in [3.8, 4) is 17.1 Å². The molecule has 0 fully saturated rings. The van der Waals surface area contributed by atoms with Gasteiger partial charge in [0, 0.05) is 16.5 Å². The van der Waals surface area contributed by atoms with Crippen molar-refractivity contribution in [3.63, 3.8) is 0 Å². The summed E-state index contributed by atoms with van der Waals surface area (Å²) in [4.78, 5) is 36.8. The van der Waals surface area contributed by atoms with Gasteiger partial charge < -0.3 is 19.2 Å². The zero-order chi connectivity index (χ0) is 24.2. The first-order valence-corrected chi connectivity index (χ1v) is 11.4. The van der Waals surface area contributed by atoms with Crippen molar-refractivity contribution in [1.82, 2.24) is 9.55 Å². The monoisotopic (exact) mass is 467 g/mol. The van der Waals surface area contributed by atoms with E-state index in [1.165, 1.54) is 6.21 Å². The molecule has 0 spiro atoms. The zero-order valence-electron chi connectivity index (χ0n) is 18.8. The van der Waals surface area contributed by atoms with Crippen LogP contribution in [0.4, 0.5) is 0 Å². The number of carbonyl (C=O) groups is 1. The predicted molar refractivity (Wildman–Crippen MR) is 129 cm³/mol. The lowest BCUT2D eigenvalue weighted by Crippen LogP contribution is -2.46. The summed E-state index contributed by atoms with van der Waals surface area (Å²) < 4.78 is 7.09. The summed E-state index contributed by atoms with van der Waals surface area (Å²) in [5.74, 6) is -0.340. The van der Waals surface area contributed by atoms with Gasteiger partial charge >= 0.3 is 5.97 Å². The molecule has 4 aromatic rings. The van der Waals surface area contributed by atoms with Crippen molar-refractivity contribution >= 4 is 23.1 Å². The first kappa shape index (κ1) is 21.2. The third-order valence-corrected chi connectivity index (χ3v) is 6.62. The SMILES string of the molecule is CC[C@@]1(O)C(=O)OC(/C=N/Oc2ccccc2)c2c1cc1n(c2=O)Cc2cc3ccccc3nc2-1. The molecule has 1 N–H and O–H groups in total. The Labute approximate surface area is 200 Å². The highest BCUT2D eigenvalue weighted by molar-refractivity contribution is 5.89. The van der Waals surface area contributed by atoms with Crippen LogP contribution in [0, 0.1) is 0 Å². The molecule has 8 heteroatoms. The van der Waals surface area contributed by atoms with E-state index in [1.54, 1.807) is 41.8 Å². The maximum atomic E-state index is 13.8. The Morgan fingerprint density at radius 3 is 2.74 bits per heavy atom. The Hall–Kier alpha value is -4.30. The van der Waals surface area contributed by atoms with Gasteiger partial charge in [-0.2, -0.15) is 0 Å². The average molecular weight is 467 g/mol. The Morgan fingerprint density at radius 2 is 1.94 bits per heavy atom. The van der Waals surface area contributed by atoms with Crippen LogP contribution in [-0.4, -0.2) is 26.8 Å². The Kier molecular flexibility index (Phi) is 4.79. The lowest BCUT2D eigenvalue weighted by atomic mass is 9.83. The zero-order valence-corrected chi connectivity index (χ0v) is 18.8. The first-order chi connectivity index (χ1) is 17.0. The minimum Gasteiger partial charge on any atom is -0.449 e. The fourth-order valence-corrected chi connectivity index (χ4v) is 4.75. The van der Waals surface area contributed by atoms with Crippen LogP contribution in [-0.2, 0) is 21.7 Å². The van der Waals surface area contributed by atoms with Gasteiger partial charge in [-0.05, 0) is 36.8 Å². The number of rotatable bonds is 4. The molecule has 0 saturated carbocycles. The summed E-state index contributed by atoms with van der Waals surface area (Å²) in [5, 5.41) is 16.2. The quantitative estimate of drug-likeness (QED) is 0.246. The van der Waals surface area contributed by atoms with E-state index >= 15 is 0 Å². The van der Waals surface area contributed by atoms with Crippen molar-refractivity contribution in [2.24, 2.45) is 5.16 Å². The van der Waals surface area contributed by atoms with E-state index in [-0.39, 0.29) is 23.1 Å². The minimum absolute atomic E-state index is 0.0457. The molecule has 0 saturated heterocycles. The van der Waals surface area contributed by atoms with Crippen molar-refractivity contribution < 1.29 is 19.5 Å². The van der Waals surface area contributed by atoms with Crippen LogP contribution in [0.15, 0.2) is 76.7 Å². The van der Waals surface area contributed by atoms with Crippen molar-refractivity contribution in [1.29, 1.82) is 0 Å². The largest absolute Gasteiger partial charge is 0.449 e. The molecule has 2 aliphatic rings. The number of hydrogen-bond donors (Lipinski definition) is 1. The molecule has 4 heterocycles. The lowest BCUT2D eigenvalue weighted by molar-refractivity contribution is -0.173. The lowest BCUT2D eigenvalue weighted by Gasteiger charge is -2.34. The first-order valence-electron chi connectivity index (χ1n) is 11.4. The number of aliphatic hydroxyl groups is 1. The van der Waals surface area contributed by atoms with E-state index in [0.29, 0.717) is 23.7 Å². The van der Waals surface area contributed by atoms with Gasteiger partial charge in [0.1, 0.15) is 0 Å². The van der Waals surface area contributed by atoms with Gasteiger partial charge in [-0.15, -0.1) is 0 Å². The number of cyclic esters (lactones) is 1. The fourth-order valence-electron chi connectivity index (χ4n) is 4.75. The molecule has 8 nitrogen and oxygen atoms in total. The molecule has 35 heavy (non-hydrogen) atoms. The molecule has 2 atom stereocenters. The van der Waals surface area contributed by atoms with E-state index in [1.807, 2.05) is 36.4 Å². The number of ether oxygens (including phenoxy) is 1. The number of aromatic nitrogens is 2. The predicted octanol–water partition coefficient (Wildman–Crippen LogP) is 3.69. The molecule has 2 aliphatic heterocycles. The van der Waals surface area contributed by atoms with Gasteiger partial charge in [0.2, 0.25) is 0 Å². The van der Waals surface area contributed by atoms with Gasteiger partial charge in [-0.25, -0.2) is 9.78 Å². The van der Waals surface area contributed by atoms with Crippen LogP contribution < -0.4 is 10.4 Å². The summed E-state index contributed by atoms with van der Waals surface area (Å²) in [6.07, 6.45) is 0.209. The standard InChI is InChI=1S/C27H21N3O5/c1-2-27(33)19-13-21-24-17(12-16-8-6-7-11-20(16)29-24)15-30(21)25(31)23(19)22(34-26(27)32)14-28-35-18-9-4-3-5-10-18/h3-14,22,33H,2,15H2,1H3/b28-14+/t22?,27-/m0/s1. The number of esters is 1. The molecule has 2 aromatic heterocycles. The van der Waals surface area contributed by atoms with Gasteiger partial charge in [-0.3, -0.25) is 4.79 Å². The summed E-state index contributed by atoms with van der Waals surface area (Å²) in [6.45, 7) is 2.00. The average Bonchev–Trinajstić information content (AvgIpc) is 3.24. The molecule has 174 valence electrons. The maximum Gasteiger partial charge on any atom is 0.343 e. The summed E-state index contributed by atoms with van der Waals surface area (Å²) in [7, 11) is 0. The highest BCUT2D eigenvalue weighted by Gasteiger charge is 2.48. The summed E-state index contributed by atoms with van der Waals surface area (Å²) >= 11 is 0. The smallest absolute Gasteiger partial charge is 0.343 e. The van der Waals surface area contributed by atoms with Crippen LogP contribution >= 0.6 is 0 Å². The van der Waals surface area contributed by atoms with E-state index in [4.69, 9.17) is 14.6 Å². The van der Waals surface area contributed by atoms with Crippen LogP contribution in [0.1, 0.15) is 36.1 Å². The maximum absolute atomic E-state index is 13.8. The third-order valence-electron chi connectivity index (χ3n) is 6.62. The van der Waals surface area contributed by atoms with Gasteiger partial charge in [0.25, 0.3) is 5.56 Å². The molecule has 6 rings (SSSR count). The topological polar surface area (TPSA) is 103 Å². The van der Waals surface area contributed by atoms with Gasteiger partial charge in [-0.1, -0.05) is 48.5 Å². The van der Waals surface area contributed by atoms with E-state index in [2.05, 4.69) is 5.16 Å². The number of benzene rings is 2. The van der Waals surface area contributed by atoms with Crippen molar-refractivity contribution in [3.05, 3.63) is 93.8 Å². The molecule has 2 aromatic carbocycles. The second-order valence-corrected chi connectivity index (χ2v) is 8.64. The number of carbonyl (C=O) groups excluding carboxylic acids is 1. The number of fused-ring (bicyclic) bond motifs is 5. The van der Waals surface area contributed by atoms with Crippen LogP contribution in [0.25, 0.3) is 22.3 Å². The number of para-hydroxylation sites is 2. The molecular weight excluding hydrogens is 446 g/mol. The normalized spacial score (nSPS) is 20.4. The van der Waals surface area contributed by atoms with Crippen LogP contribution in [0.3, 0.4) is 0 Å². The van der Waals surface area contributed by atoms with Gasteiger partial charge in [0.05, 0.1) is 35.2 Å². The number of oxime groups is 1. The molecule has 0 bridgehead atoms. The van der Waals surface area contributed by atoms with Crippen molar-refractivity contribution in [2.75, 3.05) is 0 Å². The second-order valence-electron chi connectivity index (χ2n) is 8.64. The highest BCUT2D eigenvalue weighted by Crippen LogP contribution is 2.41. The fraction of sp³-hybridized carbons (Fsp3) is 0.185. The van der Waals surface area contributed by atoms with E-state index in [9.17, 15) is 14.7 Å². The number of hydrogen-bond acceptors (Lipinski definition) is 7. The van der Waals surface area contributed by atoms with Gasteiger partial charge in [0.15, 0.2) is 17.5 Å². The second kappa shape index (κ2) is 7.89. The Bertz CT molecular complexity index is 1580. The van der Waals surface area contributed by atoms with E-state index < -0.39 is 17.7 Å². The van der Waals surface area contributed by atoms with E-state index in [0.717, 1.165) is 16.5 Å². The minimum atomic E-state index is -1.95. The molecular formula is C27H21N3O5. The molecule has 0 aliphatic carbocycles. The van der Waals surface area contributed by atoms with Crippen LogP contribution in [0.5, 0.6) is 5.75 Å². The third kappa shape index (κ3) is 3.25. The van der Waals surface area contributed by atoms with Crippen molar-refractivity contribution in [2.45, 2.75) is 31.6 Å².